The summed E-state index contributed by atoms with van der Waals surface area (Å²) in [5.74, 6) is 0.798. The molecule has 16 heavy (non-hydrogen) atoms. The van der Waals surface area contributed by atoms with Gasteiger partial charge in [0, 0.05) is 19.3 Å². The van der Waals surface area contributed by atoms with E-state index < -0.39 is 0 Å². The molecule has 1 spiro atoms. The summed E-state index contributed by atoms with van der Waals surface area (Å²) >= 11 is 0. The van der Waals surface area contributed by atoms with E-state index in [2.05, 4.69) is 12.1 Å². The lowest BCUT2D eigenvalue weighted by atomic mass is 9.89. The number of benzene rings is 1. The molecule has 0 amide bonds. The summed E-state index contributed by atoms with van der Waals surface area (Å²) in [7, 11) is 0. The number of para-hydroxylation sites is 1. The van der Waals surface area contributed by atoms with Crippen LogP contribution in [0.4, 0.5) is 0 Å². The number of hydrogen-bond donors (Lipinski definition) is 0. The van der Waals surface area contributed by atoms with Gasteiger partial charge in [0.1, 0.15) is 17.4 Å². The smallest absolute Gasteiger partial charge is 0.141 e. The van der Waals surface area contributed by atoms with Crippen molar-refractivity contribution in [3.05, 3.63) is 29.3 Å². The lowest BCUT2D eigenvalue weighted by Crippen LogP contribution is -2.40. The van der Waals surface area contributed by atoms with Crippen molar-refractivity contribution >= 4 is 0 Å². The molecule has 3 heteroatoms. The Bertz CT molecular complexity index is 455. The molecule has 2 heterocycles. The molecule has 0 aliphatic carbocycles. The zero-order valence-electron chi connectivity index (χ0n) is 9.03. The molecule has 1 aromatic carbocycles. The molecule has 0 bridgehead atoms. The first-order valence-corrected chi connectivity index (χ1v) is 5.62. The van der Waals surface area contributed by atoms with Gasteiger partial charge in [-0.1, -0.05) is 12.1 Å². The molecule has 1 aromatic rings. The first kappa shape index (κ1) is 9.68. The molecule has 0 atom stereocenters. The third kappa shape index (κ3) is 1.38. The molecule has 2 aliphatic heterocycles. The highest BCUT2D eigenvalue weighted by Crippen LogP contribution is 2.42. The summed E-state index contributed by atoms with van der Waals surface area (Å²) in [4.78, 5) is 0. The molecule has 0 N–H and O–H groups in total. The average Bonchev–Trinajstić information content (AvgIpc) is 2.67. The van der Waals surface area contributed by atoms with Gasteiger partial charge in [-0.3, -0.25) is 0 Å². The van der Waals surface area contributed by atoms with Gasteiger partial charge in [-0.15, -0.1) is 0 Å². The van der Waals surface area contributed by atoms with Gasteiger partial charge >= 0.3 is 0 Å². The molecule has 3 nitrogen and oxygen atoms in total. The monoisotopic (exact) mass is 215 g/mol. The van der Waals surface area contributed by atoms with Crippen molar-refractivity contribution in [3.8, 4) is 11.8 Å². The van der Waals surface area contributed by atoms with Crippen LogP contribution in [0, 0.1) is 11.3 Å². The fourth-order valence-electron chi connectivity index (χ4n) is 2.55. The topological polar surface area (TPSA) is 42.2 Å². The summed E-state index contributed by atoms with van der Waals surface area (Å²) in [5, 5.41) is 9.03. The molecule has 0 radical (unpaired) electrons. The molecule has 0 unspecified atom stereocenters. The zero-order chi connectivity index (χ0) is 11.0. The Morgan fingerprint density at radius 1 is 1.25 bits per heavy atom. The second-order valence-electron chi connectivity index (χ2n) is 4.48. The van der Waals surface area contributed by atoms with Crippen LogP contribution in [0.1, 0.15) is 24.0 Å². The molecule has 3 rings (SSSR count). The lowest BCUT2D eigenvalue weighted by molar-refractivity contribution is -0.0331. The number of fused-ring (bicyclic) bond motifs is 1. The minimum atomic E-state index is -0.104. The average molecular weight is 215 g/mol. The van der Waals surface area contributed by atoms with Crippen LogP contribution in [0.2, 0.25) is 0 Å². The third-order valence-corrected chi connectivity index (χ3v) is 3.45. The van der Waals surface area contributed by atoms with Crippen LogP contribution >= 0.6 is 0 Å². The van der Waals surface area contributed by atoms with E-state index in [9.17, 15) is 0 Å². The van der Waals surface area contributed by atoms with Gasteiger partial charge in [-0.2, -0.15) is 5.26 Å². The number of nitrogens with zero attached hydrogens (tertiary/aromatic N) is 1. The molecule has 2 aliphatic rings. The maximum atomic E-state index is 9.03. The minimum Gasteiger partial charge on any atom is -0.485 e. The van der Waals surface area contributed by atoms with E-state index in [1.54, 1.807) is 0 Å². The zero-order valence-corrected chi connectivity index (χ0v) is 9.03. The maximum absolute atomic E-state index is 9.03. The number of hydrogen-bond acceptors (Lipinski definition) is 3. The second kappa shape index (κ2) is 3.50. The predicted molar refractivity (Wildman–Crippen MR) is 58.3 cm³/mol. The van der Waals surface area contributed by atoms with Gasteiger partial charge in [0.05, 0.1) is 18.8 Å². The van der Waals surface area contributed by atoms with Crippen molar-refractivity contribution in [2.24, 2.45) is 0 Å². The fourth-order valence-corrected chi connectivity index (χ4v) is 2.55. The van der Waals surface area contributed by atoms with Crippen molar-refractivity contribution in [2.45, 2.75) is 24.9 Å². The standard InChI is InChI=1S/C13H13NO2/c14-9-11-3-1-2-10-8-13(16-12(10)11)4-6-15-7-5-13/h1-3H,4-8H2. The summed E-state index contributed by atoms with van der Waals surface area (Å²) in [5.41, 5.74) is 1.72. The Morgan fingerprint density at radius 2 is 2.06 bits per heavy atom. The maximum Gasteiger partial charge on any atom is 0.141 e. The fraction of sp³-hybridized carbons (Fsp3) is 0.462. The number of ether oxygens (including phenoxy) is 2. The van der Waals surface area contributed by atoms with Crippen LogP contribution < -0.4 is 4.74 Å². The van der Waals surface area contributed by atoms with Crippen LogP contribution in [0.3, 0.4) is 0 Å². The Hall–Kier alpha value is -1.53. The summed E-state index contributed by atoms with van der Waals surface area (Å²) in [6.45, 7) is 1.52. The molecular formula is C13H13NO2. The summed E-state index contributed by atoms with van der Waals surface area (Å²) < 4.78 is 11.4. The first-order chi connectivity index (χ1) is 7.83. The van der Waals surface area contributed by atoms with E-state index in [0.29, 0.717) is 5.56 Å². The van der Waals surface area contributed by atoms with Crippen molar-refractivity contribution in [3.63, 3.8) is 0 Å². The molecule has 1 fully saturated rings. The van der Waals surface area contributed by atoms with Crippen LogP contribution in [-0.4, -0.2) is 18.8 Å². The van der Waals surface area contributed by atoms with E-state index in [-0.39, 0.29) is 5.60 Å². The van der Waals surface area contributed by atoms with Gasteiger partial charge < -0.3 is 9.47 Å². The molecule has 1 saturated heterocycles. The Kier molecular flexibility index (Phi) is 2.12. The quantitative estimate of drug-likeness (QED) is 0.665. The Balaban J connectivity index is 1.97. The van der Waals surface area contributed by atoms with E-state index >= 15 is 0 Å². The Morgan fingerprint density at radius 3 is 2.81 bits per heavy atom. The van der Waals surface area contributed by atoms with Crippen LogP contribution in [-0.2, 0) is 11.2 Å². The first-order valence-electron chi connectivity index (χ1n) is 5.62. The van der Waals surface area contributed by atoms with Crippen molar-refractivity contribution in [2.75, 3.05) is 13.2 Å². The van der Waals surface area contributed by atoms with Crippen LogP contribution in [0.25, 0.3) is 0 Å². The highest BCUT2D eigenvalue weighted by atomic mass is 16.5. The Labute approximate surface area is 94.6 Å². The second-order valence-corrected chi connectivity index (χ2v) is 4.48. The molecule has 0 saturated carbocycles. The van der Waals surface area contributed by atoms with Gasteiger partial charge in [0.2, 0.25) is 0 Å². The van der Waals surface area contributed by atoms with Crippen LogP contribution in [0.5, 0.6) is 5.75 Å². The van der Waals surface area contributed by atoms with Crippen molar-refractivity contribution in [1.82, 2.24) is 0 Å². The van der Waals surface area contributed by atoms with Gasteiger partial charge in [0.15, 0.2) is 0 Å². The summed E-state index contributed by atoms with van der Waals surface area (Å²) in [6, 6.07) is 8.00. The van der Waals surface area contributed by atoms with Crippen molar-refractivity contribution < 1.29 is 9.47 Å². The van der Waals surface area contributed by atoms with E-state index in [4.69, 9.17) is 14.7 Å². The highest BCUT2D eigenvalue weighted by molar-refractivity contribution is 5.51. The third-order valence-electron chi connectivity index (χ3n) is 3.45. The number of rotatable bonds is 0. The molecule has 82 valence electrons. The van der Waals surface area contributed by atoms with E-state index in [0.717, 1.165) is 38.2 Å². The van der Waals surface area contributed by atoms with Crippen LogP contribution in [0.15, 0.2) is 18.2 Å². The largest absolute Gasteiger partial charge is 0.485 e. The lowest BCUT2D eigenvalue weighted by Gasteiger charge is -2.32. The van der Waals surface area contributed by atoms with Gasteiger partial charge in [-0.25, -0.2) is 0 Å². The number of nitriles is 1. The van der Waals surface area contributed by atoms with E-state index in [1.807, 2.05) is 12.1 Å². The van der Waals surface area contributed by atoms with Gasteiger partial charge in [0.25, 0.3) is 0 Å². The normalized spacial score (nSPS) is 21.2. The molecule has 0 aromatic heterocycles. The predicted octanol–water partition coefficient (Wildman–Crippen LogP) is 2.04. The minimum absolute atomic E-state index is 0.104. The van der Waals surface area contributed by atoms with Crippen molar-refractivity contribution in [1.29, 1.82) is 5.26 Å². The summed E-state index contributed by atoms with van der Waals surface area (Å²) in [6.07, 6.45) is 2.76. The van der Waals surface area contributed by atoms with E-state index in [1.165, 1.54) is 5.56 Å². The SMILES string of the molecule is N#Cc1cccc2c1OC1(CCOCC1)C2. The van der Waals surface area contributed by atoms with Gasteiger partial charge in [-0.05, 0) is 11.6 Å². The highest BCUT2D eigenvalue weighted by Gasteiger charge is 2.41. The molecular weight excluding hydrogens is 202 g/mol.